The second kappa shape index (κ2) is 10.4. The predicted molar refractivity (Wildman–Crippen MR) is 95.1 cm³/mol. The number of ketones is 2. The first-order valence-electron chi connectivity index (χ1n) is 9.18. The number of rotatable bonds is 9. The van der Waals surface area contributed by atoms with Crippen molar-refractivity contribution in [2.24, 2.45) is 0 Å². The van der Waals surface area contributed by atoms with Crippen molar-refractivity contribution < 1.29 is 33.4 Å². The fourth-order valence-electron chi connectivity index (χ4n) is 2.62. The van der Waals surface area contributed by atoms with Crippen LogP contribution in [0.15, 0.2) is 24.3 Å². The average Bonchev–Trinajstić information content (AvgIpc) is 2.97. The van der Waals surface area contributed by atoms with E-state index in [0.717, 1.165) is 25.7 Å². The van der Waals surface area contributed by atoms with E-state index in [-0.39, 0.29) is 25.4 Å². The van der Waals surface area contributed by atoms with Gasteiger partial charge in [-0.3, -0.25) is 14.4 Å². The van der Waals surface area contributed by atoms with Gasteiger partial charge in [0.15, 0.2) is 11.6 Å². The molecule has 0 radical (unpaired) electrons. The van der Waals surface area contributed by atoms with Crippen LogP contribution in [-0.4, -0.2) is 29.8 Å². The van der Waals surface area contributed by atoms with E-state index in [1.165, 1.54) is 0 Å². The molecule has 1 saturated carbocycles. The summed E-state index contributed by atoms with van der Waals surface area (Å²) in [5.41, 5.74) is 0.652. The summed E-state index contributed by atoms with van der Waals surface area (Å²) in [5, 5.41) is 0. The normalized spacial score (nSPS) is 14.3. The minimum atomic E-state index is -1.34. The first kappa shape index (κ1) is 20.6. The Morgan fingerprint density at radius 2 is 1.67 bits per heavy atom. The molecule has 7 nitrogen and oxygen atoms in total. The second-order valence-corrected chi connectivity index (χ2v) is 6.40. The molecule has 0 aromatic heterocycles. The zero-order valence-corrected chi connectivity index (χ0v) is 15.4. The molecule has 146 valence electrons. The molecule has 1 fully saturated rings. The summed E-state index contributed by atoms with van der Waals surface area (Å²) in [6.07, 6.45) is 2.21. The van der Waals surface area contributed by atoms with Gasteiger partial charge in [-0.25, -0.2) is 4.79 Å². The van der Waals surface area contributed by atoms with E-state index < -0.39 is 23.8 Å². The van der Waals surface area contributed by atoms with Gasteiger partial charge in [0, 0.05) is 19.3 Å². The van der Waals surface area contributed by atoms with E-state index >= 15 is 0 Å². The molecule has 0 heterocycles. The molecule has 0 unspecified atom stereocenters. The Kier molecular flexibility index (Phi) is 7.98. The zero-order chi connectivity index (χ0) is 19.6. The lowest BCUT2D eigenvalue weighted by atomic mass is 10.1. The summed E-state index contributed by atoms with van der Waals surface area (Å²) >= 11 is 0. The molecular formula is C20H24O7. The Hall–Kier alpha value is -2.70. The van der Waals surface area contributed by atoms with Crippen molar-refractivity contribution in [3.63, 3.8) is 0 Å². The third kappa shape index (κ3) is 6.84. The van der Waals surface area contributed by atoms with Crippen molar-refractivity contribution >= 4 is 23.7 Å². The number of hydrogen-bond donors (Lipinski definition) is 0. The summed E-state index contributed by atoms with van der Waals surface area (Å²) in [6.45, 7) is 2.02. The molecule has 0 N–H and O–H groups in total. The van der Waals surface area contributed by atoms with Gasteiger partial charge in [-0.05, 0) is 24.1 Å². The fraction of sp³-hybridized carbons (Fsp3) is 0.500. The molecule has 1 aliphatic carbocycles. The van der Waals surface area contributed by atoms with Gasteiger partial charge in [-0.2, -0.15) is 0 Å². The lowest BCUT2D eigenvalue weighted by molar-refractivity contribution is -0.135. The molecule has 1 aliphatic rings. The minimum Gasteiger partial charge on any atom is -0.429 e. The van der Waals surface area contributed by atoms with Crippen LogP contribution in [0.5, 0.6) is 5.75 Å². The van der Waals surface area contributed by atoms with Crippen molar-refractivity contribution in [3.05, 3.63) is 29.8 Å². The van der Waals surface area contributed by atoms with Gasteiger partial charge in [-0.1, -0.05) is 38.3 Å². The predicted octanol–water partition coefficient (Wildman–Crippen LogP) is 3.52. The van der Waals surface area contributed by atoms with Crippen molar-refractivity contribution in [3.8, 4) is 5.75 Å². The van der Waals surface area contributed by atoms with Crippen molar-refractivity contribution in [2.45, 2.75) is 64.6 Å². The summed E-state index contributed by atoms with van der Waals surface area (Å²) in [7, 11) is 0. The summed E-state index contributed by atoms with van der Waals surface area (Å²) in [4.78, 5) is 46.2. The minimum absolute atomic E-state index is 0.0841. The van der Waals surface area contributed by atoms with Crippen LogP contribution in [0.2, 0.25) is 0 Å². The van der Waals surface area contributed by atoms with E-state index in [2.05, 4.69) is 6.92 Å². The highest BCUT2D eigenvalue weighted by Gasteiger charge is 2.36. The number of ether oxygens (including phenoxy) is 3. The molecule has 0 spiro atoms. The number of benzene rings is 1. The Morgan fingerprint density at radius 3 is 2.30 bits per heavy atom. The molecule has 7 heteroatoms. The van der Waals surface area contributed by atoms with Gasteiger partial charge in [-0.15, -0.1) is 0 Å². The highest BCUT2D eigenvalue weighted by molar-refractivity contribution is 6.12. The van der Waals surface area contributed by atoms with Crippen molar-refractivity contribution in [1.82, 2.24) is 0 Å². The molecule has 0 atom stereocenters. The highest BCUT2D eigenvalue weighted by Crippen LogP contribution is 2.17. The van der Waals surface area contributed by atoms with Gasteiger partial charge in [0.05, 0.1) is 0 Å². The molecule has 0 amide bonds. The Morgan fingerprint density at radius 1 is 1.00 bits per heavy atom. The van der Waals surface area contributed by atoms with E-state index in [1.807, 2.05) is 0 Å². The molecule has 0 aliphatic heterocycles. The lowest BCUT2D eigenvalue weighted by Crippen LogP contribution is -2.28. The summed E-state index contributed by atoms with van der Waals surface area (Å²) < 4.78 is 14.9. The molecule has 1 aromatic carbocycles. The number of carbonyl (C=O) groups is 4. The first-order valence-corrected chi connectivity index (χ1v) is 9.18. The van der Waals surface area contributed by atoms with Crippen molar-refractivity contribution in [1.29, 1.82) is 0 Å². The van der Waals surface area contributed by atoms with Gasteiger partial charge in [0.25, 0.3) is 0 Å². The number of unbranched alkanes of at least 4 members (excludes halogenated alkanes) is 3. The number of Topliss-reactive ketones (excluding diaryl/α,β-unsaturated/α-hetero) is 2. The second-order valence-electron chi connectivity index (χ2n) is 6.40. The van der Waals surface area contributed by atoms with Crippen LogP contribution >= 0.6 is 0 Å². The molecule has 0 saturated heterocycles. The van der Waals surface area contributed by atoms with Crippen LogP contribution < -0.4 is 4.74 Å². The summed E-state index contributed by atoms with van der Waals surface area (Å²) in [5.74, 6) is -0.663. The average molecular weight is 376 g/mol. The summed E-state index contributed by atoms with van der Waals surface area (Å²) in [6, 6.07) is 6.52. The number of hydrogen-bond acceptors (Lipinski definition) is 7. The van der Waals surface area contributed by atoms with Crippen LogP contribution in [0.25, 0.3) is 0 Å². The van der Waals surface area contributed by atoms with E-state index in [9.17, 15) is 19.2 Å². The van der Waals surface area contributed by atoms with Gasteiger partial charge in [0.2, 0.25) is 6.10 Å². The van der Waals surface area contributed by atoms with Crippen molar-refractivity contribution in [2.75, 3.05) is 0 Å². The smallest absolute Gasteiger partial charge is 0.429 e. The van der Waals surface area contributed by atoms with E-state index in [0.29, 0.717) is 17.7 Å². The molecule has 1 aromatic rings. The maximum absolute atomic E-state index is 11.7. The van der Waals surface area contributed by atoms with Gasteiger partial charge < -0.3 is 14.2 Å². The number of carbonyl (C=O) groups excluding carboxylic acids is 4. The van der Waals surface area contributed by atoms with Crippen LogP contribution in [-0.2, 0) is 30.5 Å². The first-order chi connectivity index (χ1) is 13.0. The monoisotopic (exact) mass is 376 g/mol. The van der Waals surface area contributed by atoms with E-state index in [4.69, 9.17) is 14.2 Å². The standard InChI is InChI=1S/C20H24O7/c1-2-3-4-5-6-18(23)26-15-9-7-14(8-10-15)13-25-20(24)27-19-16(21)11-12-17(19)22/h7-10,19H,2-6,11-13H2,1H3. The molecular weight excluding hydrogens is 352 g/mol. The Bertz CT molecular complexity index is 662. The van der Waals surface area contributed by atoms with Crippen LogP contribution in [0.3, 0.4) is 0 Å². The topological polar surface area (TPSA) is 96.0 Å². The van der Waals surface area contributed by atoms with Gasteiger partial charge >= 0.3 is 12.1 Å². The van der Waals surface area contributed by atoms with Gasteiger partial charge in [0.1, 0.15) is 12.4 Å². The SMILES string of the molecule is CCCCCCC(=O)Oc1ccc(COC(=O)OC2C(=O)CCC2=O)cc1. The van der Waals surface area contributed by atoms with Crippen LogP contribution in [0, 0.1) is 0 Å². The van der Waals surface area contributed by atoms with Crippen LogP contribution in [0.1, 0.15) is 57.4 Å². The fourth-order valence-corrected chi connectivity index (χ4v) is 2.62. The molecule has 2 rings (SSSR count). The highest BCUT2D eigenvalue weighted by atomic mass is 16.7. The van der Waals surface area contributed by atoms with Crippen LogP contribution in [0.4, 0.5) is 4.79 Å². The largest absolute Gasteiger partial charge is 0.509 e. The number of esters is 1. The maximum atomic E-state index is 11.7. The maximum Gasteiger partial charge on any atom is 0.509 e. The quantitative estimate of drug-likeness (QED) is 0.281. The van der Waals surface area contributed by atoms with E-state index in [1.54, 1.807) is 24.3 Å². The third-order valence-electron chi connectivity index (χ3n) is 4.16. The third-order valence-corrected chi connectivity index (χ3v) is 4.16. The lowest BCUT2D eigenvalue weighted by Gasteiger charge is -2.10. The zero-order valence-electron chi connectivity index (χ0n) is 15.4. The molecule has 27 heavy (non-hydrogen) atoms. The molecule has 0 bridgehead atoms. The Balaban J connectivity index is 1.72. The Labute approximate surface area is 158 Å².